The maximum absolute atomic E-state index is 12.7. The Morgan fingerprint density at radius 2 is 1.66 bits per heavy atom. The van der Waals surface area contributed by atoms with E-state index in [-0.39, 0.29) is 6.42 Å². The Bertz CT molecular complexity index is 1070. The molecule has 3 aromatic carbocycles. The molecule has 0 spiro atoms. The highest BCUT2D eigenvalue weighted by atomic mass is 16.5. The molecule has 0 saturated heterocycles. The van der Waals surface area contributed by atoms with Crippen LogP contribution in [0.1, 0.15) is 48.0 Å². The maximum atomic E-state index is 12.7. The van der Waals surface area contributed by atoms with E-state index >= 15 is 0 Å². The molecule has 1 amide bonds. The molecule has 1 fully saturated rings. The number of benzene rings is 3. The Morgan fingerprint density at radius 1 is 0.938 bits per heavy atom. The number of amides is 1. The number of carbonyl (C=O) groups excluding carboxylic acids is 1. The zero-order valence-corrected chi connectivity index (χ0v) is 18.1. The number of hydrogen-bond donors (Lipinski definition) is 2. The Kier molecular flexibility index (Phi) is 7.05. The van der Waals surface area contributed by atoms with Crippen molar-refractivity contribution in [2.45, 2.75) is 44.6 Å². The molecule has 0 radical (unpaired) electrons. The molecule has 166 valence electrons. The summed E-state index contributed by atoms with van der Waals surface area (Å²) < 4.78 is 6.02. The lowest BCUT2D eigenvalue weighted by Crippen LogP contribution is -2.42. The molecule has 0 bridgehead atoms. The van der Waals surface area contributed by atoms with Crippen LogP contribution in [0.2, 0.25) is 0 Å². The minimum atomic E-state index is -1.05. The van der Waals surface area contributed by atoms with Crippen molar-refractivity contribution in [3.63, 3.8) is 0 Å². The predicted molar refractivity (Wildman–Crippen MR) is 125 cm³/mol. The molecule has 0 heterocycles. The number of aliphatic carboxylic acids is 1. The molecule has 1 atom stereocenters. The van der Waals surface area contributed by atoms with Gasteiger partial charge in [-0.3, -0.25) is 4.79 Å². The van der Waals surface area contributed by atoms with Gasteiger partial charge in [0.25, 0.3) is 5.91 Å². The van der Waals surface area contributed by atoms with Gasteiger partial charge in [-0.1, -0.05) is 61.7 Å². The first-order valence-corrected chi connectivity index (χ1v) is 11.3. The average molecular weight is 432 g/mol. The van der Waals surface area contributed by atoms with Gasteiger partial charge in [-0.15, -0.1) is 0 Å². The van der Waals surface area contributed by atoms with E-state index in [1.807, 2.05) is 54.6 Å². The minimum Gasteiger partial charge on any atom is -0.493 e. The summed E-state index contributed by atoms with van der Waals surface area (Å²) in [5.74, 6) is 0.0354. The van der Waals surface area contributed by atoms with Crippen molar-refractivity contribution in [2.24, 2.45) is 5.92 Å². The standard InChI is InChI=1S/C27H29NO4/c29-26(28-25(27(30)31)15-19-7-3-1-4-8-19)23-12-11-22-17-24(14-13-21(22)16-23)32-18-20-9-5-2-6-10-20/h1,3-4,7-8,11-14,16-17,20,25H,2,5-6,9-10,15,18H2,(H,28,29)(H,30,31). The zero-order chi connectivity index (χ0) is 22.3. The van der Waals surface area contributed by atoms with Gasteiger partial charge in [-0.2, -0.15) is 0 Å². The van der Waals surface area contributed by atoms with E-state index in [9.17, 15) is 14.7 Å². The van der Waals surface area contributed by atoms with Gasteiger partial charge >= 0.3 is 5.97 Å². The van der Waals surface area contributed by atoms with Gasteiger partial charge in [0.15, 0.2) is 0 Å². The number of rotatable bonds is 8. The summed E-state index contributed by atoms with van der Waals surface area (Å²) in [6.45, 7) is 0.754. The van der Waals surface area contributed by atoms with E-state index in [1.54, 1.807) is 12.1 Å². The van der Waals surface area contributed by atoms with Crippen LogP contribution in [-0.2, 0) is 11.2 Å². The molecule has 1 unspecified atom stereocenters. The second-order valence-electron chi connectivity index (χ2n) is 8.59. The summed E-state index contributed by atoms with van der Waals surface area (Å²) in [5.41, 5.74) is 1.30. The van der Waals surface area contributed by atoms with E-state index in [0.29, 0.717) is 11.5 Å². The SMILES string of the molecule is O=C(NC(Cc1ccccc1)C(=O)O)c1ccc2cc(OCC3CCCCC3)ccc2c1. The quantitative estimate of drug-likeness (QED) is 0.512. The van der Waals surface area contributed by atoms with Gasteiger partial charge < -0.3 is 15.2 Å². The number of fused-ring (bicyclic) bond motifs is 1. The Morgan fingerprint density at radius 3 is 2.41 bits per heavy atom. The van der Waals surface area contributed by atoms with Crippen LogP contribution in [-0.4, -0.2) is 29.6 Å². The molecule has 2 N–H and O–H groups in total. The average Bonchev–Trinajstić information content (AvgIpc) is 2.83. The molecule has 0 aliphatic heterocycles. The molecule has 1 saturated carbocycles. The lowest BCUT2D eigenvalue weighted by molar-refractivity contribution is -0.139. The fraction of sp³-hybridized carbons (Fsp3) is 0.333. The van der Waals surface area contributed by atoms with Crippen molar-refractivity contribution in [1.82, 2.24) is 5.32 Å². The monoisotopic (exact) mass is 431 g/mol. The Hall–Kier alpha value is -3.34. The number of nitrogens with one attached hydrogen (secondary N) is 1. The second kappa shape index (κ2) is 10.3. The van der Waals surface area contributed by atoms with Gasteiger partial charge in [0.1, 0.15) is 11.8 Å². The maximum Gasteiger partial charge on any atom is 0.326 e. The number of carboxylic acids is 1. The summed E-state index contributed by atoms with van der Waals surface area (Å²) in [6.07, 6.45) is 6.65. The normalized spacial score (nSPS) is 15.2. The number of hydrogen-bond acceptors (Lipinski definition) is 3. The third-order valence-corrected chi connectivity index (χ3v) is 6.17. The third-order valence-electron chi connectivity index (χ3n) is 6.17. The van der Waals surface area contributed by atoms with Gasteiger partial charge in [-0.25, -0.2) is 4.79 Å². The number of ether oxygens (including phenoxy) is 1. The minimum absolute atomic E-state index is 0.233. The highest BCUT2D eigenvalue weighted by Crippen LogP contribution is 2.26. The largest absolute Gasteiger partial charge is 0.493 e. The molecule has 3 aromatic rings. The van der Waals surface area contributed by atoms with Crippen molar-refractivity contribution in [3.8, 4) is 5.75 Å². The first-order valence-electron chi connectivity index (χ1n) is 11.3. The fourth-order valence-corrected chi connectivity index (χ4v) is 4.31. The summed E-state index contributed by atoms with van der Waals surface area (Å²) in [4.78, 5) is 24.4. The molecular weight excluding hydrogens is 402 g/mol. The Balaban J connectivity index is 1.41. The summed E-state index contributed by atoms with van der Waals surface area (Å²) in [7, 11) is 0. The molecule has 4 rings (SSSR count). The molecule has 5 nitrogen and oxygen atoms in total. The summed E-state index contributed by atoms with van der Waals surface area (Å²) in [6, 6.07) is 19.6. The predicted octanol–water partition coefficient (Wildman–Crippen LogP) is 5.22. The first-order chi connectivity index (χ1) is 15.6. The number of carbonyl (C=O) groups is 2. The van der Waals surface area contributed by atoms with Crippen LogP contribution in [0.5, 0.6) is 5.75 Å². The Labute approximate surface area is 188 Å². The highest BCUT2D eigenvalue weighted by molar-refractivity contribution is 6.00. The van der Waals surface area contributed by atoms with Crippen LogP contribution >= 0.6 is 0 Å². The van der Waals surface area contributed by atoms with Crippen LogP contribution in [0.3, 0.4) is 0 Å². The van der Waals surface area contributed by atoms with Crippen molar-refractivity contribution in [1.29, 1.82) is 0 Å². The van der Waals surface area contributed by atoms with E-state index < -0.39 is 17.9 Å². The summed E-state index contributed by atoms with van der Waals surface area (Å²) in [5, 5.41) is 14.1. The third kappa shape index (κ3) is 5.67. The van der Waals surface area contributed by atoms with Crippen molar-refractivity contribution in [3.05, 3.63) is 77.9 Å². The van der Waals surface area contributed by atoms with E-state index in [4.69, 9.17) is 4.74 Å². The molecule has 1 aliphatic carbocycles. The van der Waals surface area contributed by atoms with E-state index in [1.165, 1.54) is 32.1 Å². The zero-order valence-electron chi connectivity index (χ0n) is 18.1. The topological polar surface area (TPSA) is 75.6 Å². The molecular formula is C27H29NO4. The van der Waals surface area contributed by atoms with Gasteiger partial charge in [0.05, 0.1) is 6.61 Å². The fourth-order valence-electron chi connectivity index (χ4n) is 4.31. The molecule has 5 heteroatoms. The van der Waals surface area contributed by atoms with Crippen LogP contribution in [0, 0.1) is 5.92 Å². The molecule has 1 aliphatic rings. The van der Waals surface area contributed by atoms with Crippen molar-refractivity contribution < 1.29 is 19.4 Å². The van der Waals surface area contributed by atoms with Crippen LogP contribution in [0.15, 0.2) is 66.7 Å². The smallest absolute Gasteiger partial charge is 0.326 e. The first kappa shape index (κ1) is 21.9. The van der Waals surface area contributed by atoms with Gasteiger partial charge in [0, 0.05) is 12.0 Å². The summed E-state index contributed by atoms with van der Waals surface area (Å²) >= 11 is 0. The van der Waals surface area contributed by atoms with Gasteiger partial charge in [-0.05, 0) is 59.4 Å². The van der Waals surface area contributed by atoms with Crippen molar-refractivity contribution in [2.75, 3.05) is 6.61 Å². The molecule has 32 heavy (non-hydrogen) atoms. The second-order valence-corrected chi connectivity index (χ2v) is 8.59. The number of carboxylic acid groups (broad SMARTS) is 1. The lowest BCUT2D eigenvalue weighted by atomic mass is 9.90. The van der Waals surface area contributed by atoms with Gasteiger partial charge in [0.2, 0.25) is 0 Å². The molecule has 0 aromatic heterocycles. The van der Waals surface area contributed by atoms with Crippen LogP contribution in [0.4, 0.5) is 0 Å². The lowest BCUT2D eigenvalue weighted by Gasteiger charge is -2.21. The van der Waals surface area contributed by atoms with Crippen LogP contribution < -0.4 is 10.1 Å². The van der Waals surface area contributed by atoms with Crippen molar-refractivity contribution >= 4 is 22.6 Å². The van der Waals surface area contributed by atoms with Crippen LogP contribution in [0.25, 0.3) is 10.8 Å². The highest BCUT2D eigenvalue weighted by Gasteiger charge is 2.21. The van der Waals surface area contributed by atoms with E-state index in [2.05, 4.69) is 5.32 Å². The van der Waals surface area contributed by atoms with E-state index in [0.717, 1.165) is 28.7 Å².